The Labute approximate surface area is 118 Å². The number of aryl methyl sites for hydroxylation is 1. The Hall–Kier alpha value is -0.710. The Morgan fingerprint density at radius 3 is 2.82 bits per heavy atom. The van der Waals surface area contributed by atoms with E-state index in [0.717, 1.165) is 21.6 Å². The van der Waals surface area contributed by atoms with E-state index < -0.39 is 0 Å². The first-order chi connectivity index (χ1) is 8.06. The van der Waals surface area contributed by atoms with Gasteiger partial charge in [-0.15, -0.1) is 11.3 Å². The van der Waals surface area contributed by atoms with Crippen molar-refractivity contribution in [1.29, 1.82) is 0 Å². The highest BCUT2D eigenvalue weighted by atomic mass is 79.9. The lowest BCUT2D eigenvalue weighted by Crippen LogP contribution is -2.00. The number of anilines is 2. The molecule has 0 aliphatic heterocycles. The maximum absolute atomic E-state index is 6.00. The smallest absolute Gasteiger partial charge is 0.0702 e. The number of hydrogen-bond acceptors (Lipinski definition) is 3. The third kappa shape index (κ3) is 3.15. The van der Waals surface area contributed by atoms with E-state index in [1.165, 1.54) is 4.88 Å². The van der Waals surface area contributed by atoms with E-state index in [1.54, 1.807) is 11.3 Å². The van der Waals surface area contributed by atoms with Crippen LogP contribution in [0.1, 0.15) is 10.4 Å². The molecular weight excluding hydrogens is 320 g/mol. The minimum atomic E-state index is 0.588. The molecule has 1 heterocycles. The first-order valence-corrected chi connectivity index (χ1v) is 7.08. The van der Waals surface area contributed by atoms with E-state index in [0.29, 0.717) is 10.7 Å². The molecule has 0 bridgehead atoms. The zero-order valence-electron chi connectivity index (χ0n) is 9.26. The zero-order valence-corrected chi connectivity index (χ0v) is 12.4. The monoisotopic (exact) mass is 330 g/mol. The Balaban J connectivity index is 2.11. The number of nitrogen functional groups attached to an aromatic ring is 1. The van der Waals surface area contributed by atoms with Gasteiger partial charge in [0.1, 0.15) is 0 Å². The van der Waals surface area contributed by atoms with Crippen LogP contribution < -0.4 is 11.1 Å². The van der Waals surface area contributed by atoms with Crippen LogP contribution in [0, 0.1) is 6.92 Å². The molecule has 1 aromatic carbocycles. The molecule has 2 rings (SSSR count). The average molecular weight is 332 g/mol. The first kappa shape index (κ1) is 12.7. The fraction of sp³-hybridized carbons (Fsp3) is 0.167. The van der Waals surface area contributed by atoms with Gasteiger partial charge in [-0.2, -0.15) is 0 Å². The number of rotatable bonds is 3. The molecule has 0 spiro atoms. The quantitative estimate of drug-likeness (QED) is 0.802. The first-order valence-electron chi connectivity index (χ1n) is 5.10. The summed E-state index contributed by atoms with van der Waals surface area (Å²) < 4.78 is 1.14. The van der Waals surface area contributed by atoms with Crippen LogP contribution in [0.3, 0.4) is 0 Å². The van der Waals surface area contributed by atoms with Crippen molar-refractivity contribution in [3.8, 4) is 0 Å². The second kappa shape index (κ2) is 5.29. The van der Waals surface area contributed by atoms with E-state index in [9.17, 15) is 0 Å². The summed E-state index contributed by atoms with van der Waals surface area (Å²) in [5, 5.41) is 3.95. The summed E-state index contributed by atoms with van der Waals surface area (Å²) in [6, 6.07) is 7.89. The third-order valence-electron chi connectivity index (χ3n) is 2.43. The molecule has 2 nitrogen and oxygen atoms in total. The molecule has 0 saturated heterocycles. The van der Waals surface area contributed by atoms with Gasteiger partial charge in [0.25, 0.3) is 0 Å². The summed E-state index contributed by atoms with van der Waals surface area (Å²) in [4.78, 5) is 1.27. The van der Waals surface area contributed by atoms with E-state index in [-0.39, 0.29) is 0 Å². The van der Waals surface area contributed by atoms with Crippen LogP contribution in [0.15, 0.2) is 28.1 Å². The second-order valence-corrected chi connectivity index (χ2v) is 6.70. The van der Waals surface area contributed by atoms with E-state index in [2.05, 4.69) is 27.3 Å². The fourth-order valence-corrected chi connectivity index (χ4v) is 3.11. The van der Waals surface area contributed by atoms with Crippen LogP contribution in [0.25, 0.3) is 0 Å². The Kier molecular flexibility index (Phi) is 3.97. The summed E-state index contributed by atoms with van der Waals surface area (Å²) in [5.41, 5.74) is 8.48. The molecule has 1 aromatic heterocycles. The maximum atomic E-state index is 6.00. The molecule has 5 heteroatoms. The van der Waals surface area contributed by atoms with Crippen LogP contribution in [0.2, 0.25) is 5.02 Å². The Bertz CT molecular complexity index is 539. The molecular formula is C12H12BrClN2S. The van der Waals surface area contributed by atoms with Gasteiger partial charge in [-0.05, 0) is 52.7 Å². The van der Waals surface area contributed by atoms with Gasteiger partial charge in [0, 0.05) is 17.1 Å². The Morgan fingerprint density at radius 1 is 1.41 bits per heavy atom. The van der Waals surface area contributed by atoms with Crippen molar-refractivity contribution in [3.63, 3.8) is 0 Å². The lowest BCUT2D eigenvalue weighted by molar-refractivity contribution is 1.18. The third-order valence-corrected chi connectivity index (χ3v) is 4.38. The van der Waals surface area contributed by atoms with Crippen molar-refractivity contribution in [3.05, 3.63) is 43.5 Å². The summed E-state index contributed by atoms with van der Waals surface area (Å²) >= 11 is 11.2. The number of nitrogens with two attached hydrogens (primary N) is 1. The largest absolute Gasteiger partial charge is 0.398 e. The van der Waals surface area contributed by atoms with Gasteiger partial charge in [-0.1, -0.05) is 11.6 Å². The standard InChI is InChI=1S/C12H12BrClN2S/c1-7-4-10(15)9(14)5-11(7)16-6-8-2-3-12(13)17-8/h2-5,16H,6,15H2,1H3. The molecule has 2 aromatic rings. The van der Waals surface area contributed by atoms with Gasteiger partial charge in [0.05, 0.1) is 14.5 Å². The maximum Gasteiger partial charge on any atom is 0.0702 e. The van der Waals surface area contributed by atoms with Crippen molar-refractivity contribution < 1.29 is 0 Å². The molecule has 0 atom stereocenters. The van der Waals surface area contributed by atoms with Crippen molar-refractivity contribution >= 4 is 50.2 Å². The molecule has 0 amide bonds. The Morgan fingerprint density at radius 2 is 2.18 bits per heavy atom. The minimum absolute atomic E-state index is 0.588. The van der Waals surface area contributed by atoms with Gasteiger partial charge >= 0.3 is 0 Å². The molecule has 0 radical (unpaired) electrons. The fourth-order valence-electron chi connectivity index (χ4n) is 1.52. The molecule has 3 N–H and O–H groups in total. The molecule has 0 fully saturated rings. The molecule has 17 heavy (non-hydrogen) atoms. The lowest BCUT2D eigenvalue weighted by Gasteiger charge is -2.10. The van der Waals surface area contributed by atoms with Crippen molar-refractivity contribution in [2.24, 2.45) is 0 Å². The number of benzene rings is 1. The van der Waals surface area contributed by atoms with Crippen LogP contribution >= 0.6 is 38.9 Å². The van der Waals surface area contributed by atoms with Crippen molar-refractivity contribution in [2.45, 2.75) is 13.5 Å². The summed E-state index contributed by atoms with van der Waals surface area (Å²) in [7, 11) is 0. The lowest BCUT2D eigenvalue weighted by atomic mass is 10.2. The predicted octanol–water partition coefficient (Wildman–Crippen LogP) is 4.67. The van der Waals surface area contributed by atoms with Crippen LogP contribution in [-0.4, -0.2) is 0 Å². The van der Waals surface area contributed by atoms with Crippen LogP contribution in [0.4, 0.5) is 11.4 Å². The van der Waals surface area contributed by atoms with Gasteiger partial charge < -0.3 is 11.1 Å². The molecule has 0 aliphatic carbocycles. The van der Waals surface area contributed by atoms with Crippen molar-refractivity contribution in [2.75, 3.05) is 11.1 Å². The highest BCUT2D eigenvalue weighted by Gasteiger charge is 2.04. The van der Waals surface area contributed by atoms with Gasteiger partial charge in [0.2, 0.25) is 0 Å². The number of nitrogens with one attached hydrogen (secondary N) is 1. The van der Waals surface area contributed by atoms with Gasteiger partial charge in [0.15, 0.2) is 0 Å². The summed E-state index contributed by atoms with van der Waals surface area (Å²) in [6.45, 7) is 2.80. The molecule has 90 valence electrons. The highest BCUT2D eigenvalue weighted by Crippen LogP contribution is 2.28. The molecule has 0 unspecified atom stereocenters. The summed E-state index contributed by atoms with van der Waals surface area (Å²) in [5.74, 6) is 0. The number of thiophene rings is 1. The van der Waals surface area contributed by atoms with Gasteiger partial charge in [-0.25, -0.2) is 0 Å². The second-order valence-electron chi connectivity index (χ2n) is 3.75. The predicted molar refractivity (Wildman–Crippen MR) is 79.9 cm³/mol. The number of halogens is 2. The van der Waals surface area contributed by atoms with E-state index >= 15 is 0 Å². The average Bonchev–Trinajstić information content (AvgIpc) is 2.68. The topological polar surface area (TPSA) is 38.0 Å². The summed E-state index contributed by atoms with van der Waals surface area (Å²) in [6.07, 6.45) is 0. The SMILES string of the molecule is Cc1cc(N)c(Cl)cc1NCc1ccc(Br)s1. The van der Waals surface area contributed by atoms with Crippen molar-refractivity contribution in [1.82, 2.24) is 0 Å². The normalized spacial score (nSPS) is 10.5. The van der Waals surface area contributed by atoms with E-state index in [1.807, 2.05) is 25.1 Å². The van der Waals surface area contributed by atoms with Crippen LogP contribution in [0.5, 0.6) is 0 Å². The number of hydrogen-bond donors (Lipinski definition) is 2. The van der Waals surface area contributed by atoms with Gasteiger partial charge in [-0.3, -0.25) is 0 Å². The minimum Gasteiger partial charge on any atom is -0.398 e. The zero-order chi connectivity index (χ0) is 12.4. The van der Waals surface area contributed by atoms with Crippen LogP contribution in [-0.2, 0) is 6.54 Å². The van der Waals surface area contributed by atoms with E-state index in [4.69, 9.17) is 17.3 Å². The molecule has 0 aliphatic rings. The molecule has 0 saturated carbocycles. The highest BCUT2D eigenvalue weighted by molar-refractivity contribution is 9.11.